The predicted molar refractivity (Wildman–Crippen MR) is 75.5 cm³/mol. The van der Waals surface area contributed by atoms with Gasteiger partial charge in [-0.15, -0.1) is 0 Å². The van der Waals surface area contributed by atoms with Gasteiger partial charge in [-0.1, -0.05) is 0 Å². The van der Waals surface area contributed by atoms with Gasteiger partial charge in [-0.25, -0.2) is 0 Å². The molecule has 0 aromatic heterocycles. The van der Waals surface area contributed by atoms with Crippen molar-refractivity contribution in [1.29, 1.82) is 5.26 Å². The maximum absolute atomic E-state index is 12.2. The van der Waals surface area contributed by atoms with Crippen LogP contribution in [0.25, 0.3) is 0 Å². The van der Waals surface area contributed by atoms with Gasteiger partial charge in [0.05, 0.1) is 25.1 Å². The number of carboxylic acids is 1. The average Bonchev–Trinajstić information content (AvgIpc) is 2.49. The zero-order valence-corrected chi connectivity index (χ0v) is 12.5. The van der Waals surface area contributed by atoms with Crippen molar-refractivity contribution in [2.24, 2.45) is 5.92 Å². The van der Waals surface area contributed by atoms with Crippen LogP contribution in [0.5, 0.6) is 0 Å². The number of carbonyl (C=O) groups excluding carboxylic acids is 1. The molecule has 1 aliphatic rings. The summed E-state index contributed by atoms with van der Waals surface area (Å²) in [6.07, 6.45) is 1.40. The van der Waals surface area contributed by atoms with Crippen LogP contribution in [0.4, 0.5) is 0 Å². The smallest absolute Gasteiger partial charge is 0.306 e. The Labute approximate surface area is 125 Å². The van der Waals surface area contributed by atoms with Crippen molar-refractivity contribution in [1.82, 2.24) is 9.80 Å². The number of carboxylic acid groups (broad SMARTS) is 1. The van der Waals surface area contributed by atoms with Gasteiger partial charge in [0.2, 0.25) is 5.91 Å². The van der Waals surface area contributed by atoms with Gasteiger partial charge in [0.25, 0.3) is 0 Å². The first kappa shape index (κ1) is 17.4. The Kier molecular flexibility index (Phi) is 7.72. The number of piperidine rings is 1. The summed E-state index contributed by atoms with van der Waals surface area (Å²) in [5, 5.41) is 17.6. The van der Waals surface area contributed by atoms with E-state index < -0.39 is 5.97 Å². The van der Waals surface area contributed by atoms with Crippen LogP contribution in [0.2, 0.25) is 0 Å². The van der Waals surface area contributed by atoms with E-state index in [1.807, 2.05) is 4.90 Å². The maximum Gasteiger partial charge on any atom is 0.306 e. The van der Waals surface area contributed by atoms with Crippen LogP contribution in [0, 0.1) is 17.2 Å². The lowest BCUT2D eigenvalue weighted by Gasteiger charge is -2.32. The molecule has 0 aliphatic carbocycles. The molecule has 1 heterocycles. The summed E-state index contributed by atoms with van der Waals surface area (Å²) >= 11 is 0. The van der Waals surface area contributed by atoms with E-state index in [-0.39, 0.29) is 18.4 Å². The molecule has 0 bridgehead atoms. The van der Waals surface area contributed by atoms with E-state index >= 15 is 0 Å². The molecule has 1 amide bonds. The van der Waals surface area contributed by atoms with E-state index in [0.717, 1.165) is 0 Å². The fourth-order valence-electron chi connectivity index (χ4n) is 2.37. The minimum atomic E-state index is -0.780. The summed E-state index contributed by atoms with van der Waals surface area (Å²) in [6.45, 7) is 2.90. The molecule has 0 unspecified atom stereocenters. The normalized spacial score (nSPS) is 16.0. The predicted octanol–water partition coefficient (Wildman–Crippen LogP) is 0.172. The third-order valence-corrected chi connectivity index (χ3v) is 3.71. The van der Waals surface area contributed by atoms with Crippen molar-refractivity contribution in [2.45, 2.75) is 19.3 Å². The SMILES string of the molecule is COCCN(CCC#N)CC(=O)N1CCC(C(=O)O)CC1. The van der Waals surface area contributed by atoms with Crippen LogP contribution in [0.15, 0.2) is 0 Å². The topological polar surface area (TPSA) is 93.9 Å². The molecule has 1 saturated heterocycles. The van der Waals surface area contributed by atoms with Crippen LogP contribution in [-0.4, -0.2) is 73.2 Å². The molecule has 0 saturated carbocycles. The Morgan fingerprint density at radius 1 is 1.38 bits per heavy atom. The van der Waals surface area contributed by atoms with Crippen molar-refractivity contribution in [3.8, 4) is 6.07 Å². The third kappa shape index (κ3) is 6.10. The van der Waals surface area contributed by atoms with E-state index in [1.54, 1.807) is 12.0 Å². The van der Waals surface area contributed by atoms with E-state index in [9.17, 15) is 9.59 Å². The number of methoxy groups -OCH3 is 1. The second-order valence-corrected chi connectivity index (χ2v) is 5.17. The molecule has 1 N–H and O–H groups in total. The van der Waals surface area contributed by atoms with Gasteiger partial charge in [0.1, 0.15) is 0 Å². The molecule has 1 fully saturated rings. The molecular formula is C14H23N3O4. The lowest BCUT2D eigenvalue weighted by atomic mass is 9.97. The molecule has 21 heavy (non-hydrogen) atoms. The van der Waals surface area contributed by atoms with E-state index in [0.29, 0.717) is 52.0 Å². The summed E-state index contributed by atoms with van der Waals surface area (Å²) < 4.78 is 5.01. The standard InChI is InChI=1S/C14H23N3O4/c1-21-10-9-16(6-2-5-15)11-13(18)17-7-3-12(4-8-17)14(19)20/h12H,2-4,6-11H2,1H3,(H,19,20). The van der Waals surface area contributed by atoms with Crippen molar-refractivity contribution in [2.75, 3.05) is 46.4 Å². The highest BCUT2D eigenvalue weighted by atomic mass is 16.5. The fourth-order valence-corrected chi connectivity index (χ4v) is 2.37. The number of amides is 1. The van der Waals surface area contributed by atoms with Gasteiger partial charge in [-0.3, -0.25) is 14.5 Å². The minimum Gasteiger partial charge on any atom is -0.481 e. The van der Waals surface area contributed by atoms with Crippen LogP contribution < -0.4 is 0 Å². The van der Waals surface area contributed by atoms with E-state index in [4.69, 9.17) is 15.1 Å². The first-order valence-electron chi connectivity index (χ1n) is 7.17. The van der Waals surface area contributed by atoms with Gasteiger partial charge in [-0.05, 0) is 12.8 Å². The molecule has 1 rings (SSSR count). The highest BCUT2D eigenvalue weighted by Gasteiger charge is 2.27. The number of likely N-dealkylation sites (tertiary alicyclic amines) is 1. The second-order valence-electron chi connectivity index (χ2n) is 5.17. The maximum atomic E-state index is 12.2. The molecular weight excluding hydrogens is 274 g/mol. The Bertz CT molecular complexity index is 386. The molecule has 0 aromatic carbocycles. The lowest BCUT2D eigenvalue weighted by Crippen LogP contribution is -2.45. The minimum absolute atomic E-state index is 0.00659. The van der Waals surface area contributed by atoms with Gasteiger partial charge in [-0.2, -0.15) is 5.26 Å². The van der Waals surface area contributed by atoms with Crippen LogP contribution in [0.1, 0.15) is 19.3 Å². The molecule has 0 atom stereocenters. The van der Waals surface area contributed by atoms with Crippen molar-refractivity contribution < 1.29 is 19.4 Å². The fraction of sp³-hybridized carbons (Fsp3) is 0.786. The highest BCUT2D eigenvalue weighted by Crippen LogP contribution is 2.17. The third-order valence-electron chi connectivity index (χ3n) is 3.71. The summed E-state index contributed by atoms with van der Waals surface area (Å²) in [6, 6.07) is 2.07. The largest absolute Gasteiger partial charge is 0.481 e. The number of nitrogens with zero attached hydrogens (tertiary/aromatic N) is 3. The van der Waals surface area contributed by atoms with E-state index in [1.165, 1.54) is 0 Å². The Morgan fingerprint density at radius 2 is 2.05 bits per heavy atom. The summed E-state index contributed by atoms with van der Waals surface area (Å²) in [5.74, 6) is -1.12. The number of nitriles is 1. The zero-order chi connectivity index (χ0) is 15.7. The number of rotatable bonds is 8. The van der Waals surface area contributed by atoms with E-state index in [2.05, 4.69) is 6.07 Å². The Morgan fingerprint density at radius 3 is 2.57 bits per heavy atom. The quantitative estimate of drug-likeness (QED) is 0.686. The molecule has 0 spiro atoms. The lowest BCUT2D eigenvalue weighted by molar-refractivity contribution is -0.146. The average molecular weight is 297 g/mol. The molecule has 118 valence electrons. The van der Waals surface area contributed by atoms with Crippen molar-refractivity contribution >= 4 is 11.9 Å². The monoisotopic (exact) mass is 297 g/mol. The number of ether oxygens (including phenoxy) is 1. The zero-order valence-electron chi connectivity index (χ0n) is 12.5. The van der Waals surface area contributed by atoms with Crippen molar-refractivity contribution in [3.63, 3.8) is 0 Å². The Hall–Kier alpha value is -1.65. The van der Waals surface area contributed by atoms with Gasteiger partial charge in [0.15, 0.2) is 0 Å². The molecule has 0 radical (unpaired) electrons. The van der Waals surface area contributed by atoms with Gasteiger partial charge < -0.3 is 14.7 Å². The molecule has 7 nitrogen and oxygen atoms in total. The molecule has 1 aliphatic heterocycles. The van der Waals surface area contributed by atoms with Crippen LogP contribution in [-0.2, 0) is 14.3 Å². The van der Waals surface area contributed by atoms with Crippen LogP contribution >= 0.6 is 0 Å². The van der Waals surface area contributed by atoms with Crippen LogP contribution in [0.3, 0.4) is 0 Å². The second kappa shape index (κ2) is 9.32. The van der Waals surface area contributed by atoms with Gasteiger partial charge in [0, 0.05) is 39.7 Å². The number of aliphatic carboxylic acids is 1. The van der Waals surface area contributed by atoms with Gasteiger partial charge >= 0.3 is 5.97 Å². The Balaban J connectivity index is 2.42. The summed E-state index contributed by atoms with van der Waals surface area (Å²) in [4.78, 5) is 26.7. The number of hydrogen-bond acceptors (Lipinski definition) is 5. The summed E-state index contributed by atoms with van der Waals surface area (Å²) in [7, 11) is 1.60. The highest BCUT2D eigenvalue weighted by molar-refractivity contribution is 5.79. The number of carbonyl (C=O) groups is 2. The number of hydrogen-bond donors (Lipinski definition) is 1. The molecule has 7 heteroatoms. The molecule has 0 aromatic rings. The van der Waals surface area contributed by atoms with Crippen molar-refractivity contribution in [3.05, 3.63) is 0 Å². The first-order valence-corrected chi connectivity index (χ1v) is 7.17. The summed E-state index contributed by atoms with van der Waals surface area (Å²) in [5.41, 5.74) is 0. The first-order chi connectivity index (χ1) is 10.1.